The summed E-state index contributed by atoms with van der Waals surface area (Å²) in [5.41, 5.74) is 2.05. The third-order valence-corrected chi connectivity index (χ3v) is 7.34. The van der Waals surface area contributed by atoms with E-state index in [9.17, 15) is 8.42 Å². The van der Waals surface area contributed by atoms with E-state index >= 15 is 0 Å². The van der Waals surface area contributed by atoms with Crippen LogP contribution in [0.25, 0.3) is 0 Å². The zero-order chi connectivity index (χ0) is 21.0. The molecule has 7 heteroatoms. The molecular weight excluding hydrogens is 418 g/mol. The van der Waals surface area contributed by atoms with E-state index in [0.29, 0.717) is 16.5 Å². The molecule has 4 rings (SSSR count). The highest BCUT2D eigenvalue weighted by Crippen LogP contribution is 2.25. The average molecular weight is 442 g/mol. The Morgan fingerprint density at radius 1 is 0.867 bits per heavy atom. The van der Waals surface area contributed by atoms with Gasteiger partial charge in [-0.05, 0) is 60.6 Å². The van der Waals surface area contributed by atoms with Gasteiger partial charge in [-0.25, -0.2) is 8.42 Å². The number of hydrogen-bond acceptors (Lipinski definition) is 5. The lowest BCUT2D eigenvalue weighted by Crippen LogP contribution is -2.35. The molecule has 5 nitrogen and oxygen atoms in total. The third kappa shape index (κ3) is 5.18. The highest BCUT2D eigenvalue weighted by atomic mass is 35.5. The zero-order valence-electron chi connectivity index (χ0n) is 16.6. The van der Waals surface area contributed by atoms with Gasteiger partial charge in [0.1, 0.15) is 0 Å². The van der Waals surface area contributed by atoms with Crippen LogP contribution in [0.5, 0.6) is 0 Å². The van der Waals surface area contributed by atoms with Crippen molar-refractivity contribution in [1.82, 2.24) is 10.2 Å². The maximum absolute atomic E-state index is 12.6. The van der Waals surface area contributed by atoms with Gasteiger partial charge in [-0.15, -0.1) is 10.2 Å². The van der Waals surface area contributed by atoms with Crippen molar-refractivity contribution in [1.29, 1.82) is 0 Å². The summed E-state index contributed by atoms with van der Waals surface area (Å²) in [6.07, 6.45) is 3.28. The predicted molar refractivity (Wildman–Crippen MR) is 119 cm³/mol. The lowest BCUT2D eigenvalue weighted by Gasteiger charge is -2.32. The van der Waals surface area contributed by atoms with Crippen molar-refractivity contribution in [2.24, 2.45) is 5.92 Å². The number of hydrogen-bond donors (Lipinski definition) is 0. The normalized spacial score (nSPS) is 15.3. The lowest BCUT2D eigenvalue weighted by atomic mass is 9.90. The molecule has 1 aromatic heterocycles. The van der Waals surface area contributed by atoms with Crippen LogP contribution >= 0.6 is 11.6 Å². The molecule has 1 fully saturated rings. The lowest BCUT2D eigenvalue weighted by molar-refractivity contribution is 0.401. The van der Waals surface area contributed by atoms with E-state index in [-0.39, 0.29) is 10.8 Å². The van der Waals surface area contributed by atoms with Crippen LogP contribution in [0.3, 0.4) is 0 Å². The van der Waals surface area contributed by atoms with E-state index in [2.05, 4.69) is 39.4 Å². The third-order valence-electron chi connectivity index (χ3n) is 5.52. The molecule has 2 heterocycles. The van der Waals surface area contributed by atoms with Crippen molar-refractivity contribution >= 4 is 27.3 Å². The first kappa shape index (κ1) is 20.8. The van der Waals surface area contributed by atoms with Crippen molar-refractivity contribution < 1.29 is 8.42 Å². The summed E-state index contributed by atoms with van der Waals surface area (Å²) in [7, 11) is -3.55. The highest BCUT2D eigenvalue weighted by molar-refractivity contribution is 7.90. The van der Waals surface area contributed by atoms with E-state index in [0.717, 1.165) is 38.2 Å². The molecule has 156 valence electrons. The van der Waals surface area contributed by atoms with Crippen LogP contribution in [0.15, 0.2) is 71.8 Å². The molecule has 1 saturated heterocycles. The predicted octanol–water partition coefficient (Wildman–Crippen LogP) is 4.56. The fourth-order valence-corrected chi connectivity index (χ4v) is 5.18. The molecular formula is C23H24ClN3O2S. The van der Waals surface area contributed by atoms with Crippen LogP contribution in [-0.2, 0) is 22.0 Å². The summed E-state index contributed by atoms with van der Waals surface area (Å²) in [6, 6.07) is 20.7. The second kappa shape index (κ2) is 9.14. The van der Waals surface area contributed by atoms with Crippen LogP contribution in [0, 0.1) is 5.92 Å². The van der Waals surface area contributed by atoms with Crippen LogP contribution in [0.2, 0.25) is 5.02 Å². The monoisotopic (exact) mass is 441 g/mol. The van der Waals surface area contributed by atoms with Gasteiger partial charge in [0.05, 0.1) is 5.75 Å². The van der Waals surface area contributed by atoms with Crippen LogP contribution in [0.1, 0.15) is 24.0 Å². The van der Waals surface area contributed by atoms with Gasteiger partial charge in [-0.1, -0.05) is 54.1 Å². The molecule has 30 heavy (non-hydrogen) atoms. The quantitative estimate of drug-likeness (QED) is 0.561. The summed E-state index contributed by atoms with van der Waals surface area (Å²) < 4.78 is 25.3. The minimum absolute atomic E-state index is 0.000151. The number of halogens is 1. The standard InChI is InChI=1S/C23H24ClN3O2S/c24-21-8-6-20(7-9-21)17-30(28,29)23-11-10-22(25-26-23)27-14-12-19(13-15-27)16-18-4-2-1-3-5-18/h1-11,19H,12-17H2. The van der Waals surface area contributed by atoms with Gasteiger partial charge in [-0.3, -0.25) is 0 Å². The summed E-state index contributed by atoms with van der Waals surface area (Å²) in [5.74, 6) is 1.28. The van der Waals surface area contributed by atoms with Crippen molar-refractivity contribution in [3.8, 4) is 0 Å². The van der Waals surface area contributed by atoms with E-state index in [1.54, 1.807) is 36.4 Å². The summed E-state index contributed by atoms with van der Waals surface area (Å²) in [5, 5.41) is 8.81. The van der Waals surface area contributed by atoms with Gasteiger partial charge < -0.3 is 4.90 Å². The number of sulfone groups is 1. The number of benzene rings is 2. The zero-order valence-corrected chi connectivity index (χ0v) is 18.2. The van der Waals surface area contributed by atoms with Crippen molar-refractivity contribution in [3.05, 3.63) is 82.9 Å². The topological polar surface area (TPSA) is 63.2 Å². The molecule has 0 N–H and O–H groups in total. The van der Waals surface area contributed by atoms with E-state index < -0.39 is 9.84 Å². The molecule has 0 unspecified atom stereocenters. The van der Waals surface area contributed by atoms with Crippen LogP contribution < -0.4 is 4.90 Å². The second-order valence-electron chi connectivity index (χ2n) is 7.74. The van der Waals surface area contributed by atoms with Crippen LogP contribution in [0.4, 0.5) is 5.82 Å². The first-order chi connectivity index (χ1) is 14.5. The largest absolute Gasteiger partial charge is 0.355 e. The maximum Gasteiger partial charge on any atom is 0.201 e. The molecule has 0 aliphatic carbocycles. The fourth-order valence-electron chi connectivity index (χ4n) is 3.84. The highest BCUT2D eigenvalue weighted by Gasteiger charge is 2.22. The Morgan fingerprint density at radius 2 is 1.57 bits per heavy atom. The minimum atomic E-state index is -3.55. The van der Waals surface area contributed by atoms with E-state index in [1.807, 2.05) is 6.07 Å². The molecule has 0 amide bonds. The Kier molecular flexibility index (Phi) is 6.35. The van der Waals surface area contributed by atoms with Gasteiger partial charge in [0.15, 0.2) is 10.8 Å². The molecule has 0 spiro atoms. The summed E-state index contributed by atoms with van der Waals surface area (Å²) >= 11 is 5.86. The Balaban J connectivity index is 1.36. The number of rotatable bonds is 6. The maximum atomic E-state index is 12.6. The SMILES string of the molecule is O=S(=O)(Cc1ccc(Cl)cc1)c1ccc(N2CCC(Cc3ccccc3)CC2)nn1. The van der Waals surface area contributed by atoms with Crippen molar-refractivity contribution in [3.63, 3.8) is 0 Å². The molecule has 2 aromatic carbocycles. The van der Waals surface area contributed by atoms with Crippen molar-refractivity contribution in [2.75, 3.05) is 18.0 Å². The Hall–Kier alpha value is -2.44. The Bertz CT molecular complexity index is 1060. The fraction of sp³-hybridized carbons (Fsp3) is 0.304. The Morgan fingerprint density at radius 3 is 2.20 bits per heavy atom. The number of nitrogens with zero attached hydrogens (tertiary/aromatic N) is 3. The van der Waals surface area contributed by atoms with Gasteiger partial charge in [-0.2, -0.15) is 0 Å². The molecule has 0 saturated carbocycles. The summed E-state index contributed by atoms with van der Waals surface area (Å²) in [4.78, 5) is 2.18. The molecule has 3 aromatic rings. The van der Waals surface area contributed by atoms with Crippen molar-refractivity contribution in [2.45, 2.75) is 30.0 Å². The summed E-state index contributed by atoms with van der Waals surface area (Å²) in [6.45, 7) is 1.81. The van der Waals surface area contributed by atoms with Crippen LogP contribution in [-0.4, -0.2) is 31.7 Å². The number of aromatic nitrogens is 2. The van der Waals surface area contributed by atoms with Gasteiger partial charge in [0.25, 0.3) is 0 Å². The van der Waals surface area contributed by atoms with Gasteiger partial charge >= 0.3 is 0 Å². The average Bonchev–Trinajstić information content (AvgIpc) is 2.77. The first-order valence-electron chi connectivity index (χ1n) is 10.1. The molecule has 0 radical (unpaired) electrons. The number of anilines is 1. The smallest absolute Gasteiger partial charge is 0.201 e. The second-order valence-corrected chi connectivity index (χ2v) is 10.1. The molecule has 0 atom stereocenters. The molecule has 0 bridgehead atoms. The first-order valence-corrected chi connectivity index (χ1v) is 12.1. The molecule has 1 aliphatic heterocycles. The molecule has 1 aliphatic rings. The van der Waals surface area contributed by atoms with E-state index in [4.69, 9.17) is 11.6 Å². The van der Waals surface area contributed by atoms with E-state index in [1.165, 1.54) is 5.56 Å². The Labute approximate surface area is 182 Å². The van der Waals surface area contributed by atoms with Gasteiger partial charge in [0.2, 0.25) is 9.84 Å². The number of piperidine rings is 1. The minimum Gasteiger partial charge on any atom is -0.355 e. The van der Waals surface area contributed by atoms with Gasteiger partial charge in [0, 0.05) is 18.1 Å².